The molecule has 2 heterocycles. The minimum atomic E-state index is -0.909. The maximum Gasteiger partial charge on any atom is 0.257 e. The molecule has 0 radical (unpaired) electrons. The summed E-state index contributed by atoms with van der Waals surface area (Å²) in [5.41, 5.74) is 2.49. The van der Waals surface area contributed by atoms with Gasteiger partial charge in [-0.05, 0) is 94.0 Å². The van der Waals surface area contributed by atoms with Gasteiger partial charge in [-0.1, -0.05) is 30.3 Å². The van der Waals surface area contributed by atoms with Crippen molar-refractivity contribution in [2.75, 3.05) is 42.5 Å². The molecule has 1 fully saturated rings. The zero-order valence-electron chi connectivity index (χ0n) is 29.1. The summed E-state index contributed by atoms with van der Waals surface area (Å²) >= 11 is 0. The van der Waals surface area contributed by atoms with Crippen molar-refractivity contribution in [3.8, 4) is 5.75 Å². The Morgan fingerprint density at radius 3 is 2.34 bits per heavy atom. The first-order chi connectivity index (χ1) is 24.2. The molecular weight excluding hydrogens is 630 g/mol. The van der Waals surface area contributed by atoms with Crippen molar-refractivity contribution in [3.05, 3.63) is 84.4 Å². The molecule has 0 bridgehead atoms. The van der Waals surface area contributed by atoms with Crippen LogP contribution in [0.3, 0.4) is 0 Å². The SMILES string of the molecule is CCOc1ccc(C(=O)CC(C(=O)NCC2CCC(Nc3nc(N(C)C)c4ccccc4n3)CC2)C2C(=O)N(c3ccccc3)N=C2C)cc1. The topological polar surface area (TPSA) is 129 Å². The minimum absolute atomic E-state index is 0.122. The summed E-state index contributed by atoms with van der Waals surface area (Å²) in [6.07, 6.45) is 3.52. The van der Waals surface area contributed by atoms with E-state index in [1.165, 1.54) is 5.01 Å². The quantitative estimate of drug-likeness (QED) is 0.163. The van der Waals surface area contributed by atoms with Crippen LogP contribution in [0.4, 0.5) is 17.5 Å². The average Bonchev–Trinajstić information content (AvgIpc) is 3.43. The van der Waals surface area contributed by atoms with E-state index in [1.54, 1.807) is 43.3 Å². The maximum absolute atomic E-state index is 14.0. The highest BCUT2D eigenvalue weighted by molar-refractivity contribution is 6.17. The van der Waals surface area contributed by atoms with E-state index in [4.69, 9.17) is 14.7 Å². The van der Waals surface area contributed by atoms with Crippen LogP contribution in [0.5, 0.6) is 5.75 Å². The van der Waals surface area contributed by atoms with Crippen LogP contribution in [0.2, 0.25) is 0 Å². The van der Waals surface area contributed by atoms with E-state index in [0.717, 1.165) is 42.4 Å². The van der Waals surface area contributed by atoms with Crippen LogP contribution in [0.1, 0.15) is 56.3 Å². The van der Waals surface area contributed by atoms with Gasteiger partial charge in [-0.25, -0.2) is 9.99 Å². The second kappa shape index (κ2) is 15.5. The van der Waals surface area contributed by atoms with Gasteiger partial charge >= 0.3 is 0 Å². The maximum atomic E-state index is 14.0. The van der Waals surface area contributed by atoms with Gasteiger partial charge in [0.1, 0.15) is 11.6 Å². The molecule has 1 aliphatic heterocycles. The Morgan fingerprint density at radius 2 is 1.64 bits per heavy atom. The highest BCUT2D eigenvalue weighted by Gasteiger charge is 2.44. The Morgan fingerprint density at radius 1 is 0.940 bits per heavy atom. The molecule has 2 unspecified atom stereocenters. The minimum Gasteiger partial charge on any atom is -0.494 e. The van der Waals surface area contributed by atoms with Crippen LogP contribution in [-0.4, -0.2) is 66.6 Å². The number of hydrazone groups is 1. The fourth-order valence-corrected chi connectivity index (χ4v) is 6.92. The smallest absolute Gasteiger partial charge is 0.257 e. The molecule has 6 rings (SSSR count). The summed E-state index contributed by atoms with van der Waals surface area (Å²) in [7, 11) is 3.96. The number of rotatable bonds is 13. The summed E-state index contributed by atoms with van der Waals surface area (Å²) in [5, 5.41) is 13.6. The molecule has 0 spiro atoms. The Bertz CT molecular complexity index is 1850. The summed E-state index contributed by atoms with van der Waals surface area (Å²) in [5.74, 6) is -0.176. The lowest BCUT2D eigenvalue weighted by Gasteiger charge is -2.30. The number of Topliss-reactive ketones (excluding diaryl/α,β-unsaturated/α-hetero) is 1. The van der Waals surface area contributed by atoms with Gasteiger partial charge in [-0.15, -0.1) is 0 Å². The van der Waals surface area contributed by atoms with Crippen molar-refractivity contribution < 1.29 is 19.1 Å². The Hall–Kier alpha value is -5.32. The number of nitrogens with one attached hydrogen (secondary N) is 2. The number of ether oxygens (including phenoxy) is 1. The molecule has 3 aromatic carbocycles. The molecule has 50 heavy (non-hydrogen) atoms. The number of nitrogens with zero attached hydrogens (tertiary/aromatic N) is 5. The van der Waals surface area contributed by atoms with Gasteiger partial charge in [-0.3, -0.25) is 14.4 Å². The molecule has 4 aromatic rings. The molecule has 11 heteroatoms. The second-order valence-corrected chi connectivity index (χ2v) is 13.3. The predicted molar refractivity (Wildman–Crippen MR) is 197 cm³/mol. The normalized spacial score (nSPS) is 19.5. The lowest BCUT2D eigenvalue weighted by Crippen LogP contribution is -2.44. The molecule has 2 amide bonds. The van der Waals surface area contributed by atoms with E-state index >= 15 is 0 Å². The number of amides is 2. The number of fused-ring (bicyclic) bond motifs is 1. The number of ketones is 1. The fraction of sp³-hybridized carbons (Fsp3) is 0.385. The zero-order valence-corrected chi connectivity index (χ0v) is 29.1. The zero-order chi connectivity index (χ0) is 35.2. The molecule has 260 valence electrons. The predicted octanol–water partition coefficient (Wildman–Crippen LogP) is 6.11. The van der Waals surface area contributed by atoms with Crippen molar-refractivity contribution >= 4 is 51.7 Å². The second-order valence-electron chi connectivity index (χ2n) is 13.3. The molecule has 2 atom stereocenters. The molecule has 11 nitrogen and oxygen atoms in total. The highest BCUT2D eigenvalue weighted by Crippen LogP contribution is 2.32. The van der Waals surface area contributed by atoms with Crippen LogP contribution in [0, 0.1) is 17.8 Å². The monoisotopic (exact) mass is 675 g/mol. The van der Waals surface area contributed by atoms with Gasteiger partial charge in [0.2, 0.25) is 11.9 Å². The van der Waals surface area contributed by atoms with E-state index in [1.807, 2.05) is 68.4 Å². The van der Waals surface area contributed by atoms with E-state index in [2.05, 4.69) is 15.7 Å². The lowest BCUT2D eigenvalue weighted by atomic mass is 9.82. The molecule has 1 aliphatic carbocycles. The van der Waals surface area contributed by atoms with Gasteiger partial charge in [-0.2, -0.15) is 10.1 Å². The summed E-state index contributed by atoms with van der Waals surface area (Å²) in [6, 6.07) is 24.3. The number of hydrogen-bond acceptors (Lipinski definition) is 9. The van der Waals surface area contributed by atoms with Crippen molar-refractivity contribution in [1.82, 2.24) is 15.3 Å². The third-order valence-corrected chi connectivity index (χ3v) is 9.57. The van der Waals surface area contributed by atoms with Crippen LogP contribution in [0.15, 0.2) is 84.0 Å². The van der Waals surface area contributed by atoms with Gasteiger partial charge < -0.3 is 20.3 Å². The molecule has 2 N–H and O–H groups in total. The van der Waals surface area contributed by atoms with Crippen LogP contribution in [0.25, 0.3) is 10.9 Å². The number of carbonyl (C=O) groups excluding carboxylic acids is 3. The first kappa shape index (κ1) is 34.5. The number of carbonyl (C=O) groups is 3. The number of para-hydroxylation sites is 2. The van der Waals surface area contributed by atoms with Crippen molar-refractivity contribution in [3.63, 3.8) is 0 Å². The van der Waals surface area contributed by atoms with Crippen molar-refractivity contribution in [2.24, 2.45) is 22.9 Å². The number of hydrogen-bond donors (Lipinski definition) is 2. The Kier molecular flexibility index (Phi) is 10.7. The Balaban J connectivity index is 1.11. The van der Waals surface area contributed by atoms with Crippen LogP contribution in [-0.2, 0) is 9.59 Å². The average molecular weight is 676 g/mol. The standard InChI is InChI=1S/C39H45N7O4/c1-5-50-30-21-17-27(18-22-30)34(47)23-32(35-25(2)44-46(38(35)49)29-11-7-6-8-12-29)37(48)40-24-26-15-19-28(20-16-26)41-39-42-33-14-10-9-13-31(33)36(43-39)45(3)4/h6-14,17-18,21-22,26,28,32,35H,5,15-16,19-20,23-24H2,1-4H3,(H,40,48)(H,41,42,43). The Labute approximate surface area is 293 Å². The van der Waals surface area contributed by atoms with Crippen molar-refractivity contribution in [1.29, 1.82) is 0 Å². The molecule has 1 aromatic heterocycles. The molecule has 0 saturated heterocycles. The van der Waals surface area contributed by atoms with Crippen molar-refractivity contribution in [2.45, 2.75) is 52.0 Å². The summed E-state index contributed by atoms with van der Waals surface area (Å²) < 4.78 is 5.52. The van der Waals surface area contributed by atoms with E-state index < -0.39 is 11.8 Å². The number of aromatic nitrogens is 2. The highest BCUT2D eigenvalue weighted by atomic mass is 16.5. The van der Waals surface area contributed by atoms with E-state index in [9.17, 15) is 14.4 Å². The largest absolute Gasteiger partial charge is 0.494 e. The first-order valence-electron chi connectivity index (χ1n) is 17.4. The lowest BCUT2D eigenvalue weighted by molar-refractivity contribution is -0.131. The van der Waals surface area contributed by atoms with Gasteiger partial charge in [0.05, 0.1) is 29.6 Å². The van der Waals surface area contributed by atoms with Gasteiger partial charge in [0.25, 0.3) is 5.91 Å². The van der Waals surface area contributed by atoms with E-state index in [-0.39, 0.29) is 36.0 Å². The molecule has 2 aliphatic rings. The van der Waals surface area contributed by atoms with E-state index in [0.29, 0.717) is 41.8 Å². The first-order valence-corrected chi connectivity index (χ1v) is 17.4. The van der Waals surface area contributed by atoms with Crippen LogP contribution < -0.4 is 25.3 Å². The van der Waals surface area contributed by atoms with Crippen LogP contribution >= 0.6 is 0 Å². The third-order valence-electron chi connectivity index (χ3n) is 9.57. The number of anilines is 3. The number of benzene rings is 3. The van der Waals surface area contributed by atoms with Gasteiger partial charge in [0, 0.05) is 49.8 Å². The molecular formula is C39H45N7O4. The fourth-order valence-electron chi connectivity index (χ4n) is 6.92. The van der Waals surface area contributed by atoms with Gasteiger partial charge in [0.15, 0.2) is 5.78 Å². The molecule has 1 saturated carbocycles. The summed E-state index contributed by atoms with van der Waals surface area (Å²) in [4.78, 5) is 52.9. The summed E-state index contributed by atoms with van der Waals surface area (Å²) in [6.45, 7) is 4.64. The third kappa shape index (κ3) is 7.77.